The molecular formula is C19H11N3O5. The summed E-state index contributed by atoms with van der Waals surface area (Å²) >= 11 is 0. The largest absolute Gasteiger partial charge is 0.457 e. The second-order valence-corrected chi connectivity index (χ2v) is 5.72. The third-order valence-electron chi connectivity index (χ3n) is 4.04. The number of rotatable bonds is 4. The molecule has 1 aliphatic rings. The summed E-state index contributed by atoms with van der Waals surface area (Å²) in [7, 11) is 0. The first-order valence-electron chi connectivity index (χ1n) is 7.90. The normalized spacial score (nSPS) is 12.8. The van der Waals surface area contributed by atoms with Crippen LogP contribution in [0.3, 0.4) is 0 Å². The first kappa shape index (κ1) is 16.4. The predicted octanol–water partition coefficient (Wildman–Crippen LogP) is 3.58. The monoisotopic (exact) mass is 361 g/mol. The maximum Gasteiger partial charge on any atom is 0.273 e. The molecule has 0 fully saturated rings. The van der Waals surface area contributed by atoms with Crippen LogP contribution in [0.25, 0.3) is 0 Å². The molecule has 3 aromatic rings. The predicted molar refractivity (Wildman–Crippen MR) is 95.0 cm³/mol. The average molecular weight is 361 g/mol. The summed E-state index contributed by atoms with van der Waals surface area (Å²) < 4.78 is 5.62. The fourth-order valence-electron chi connectivity index (χ4n) is 2.81. The number of non-ortho nitro benzene ring substituents is 1. The lowest BCUT2D eigenvalue weighted by Gasteiger charge is -2.12. The summed E-state index contributed by atoms with van der Waals surface area (Å²) in [5, 5.41) is 10.9. The van der Waals surface area contributed by atoms with Gasteiger partial charge in [-0.2, -0.15) is 0 Å². The molecule has 2 amide bonds. The molecule has 0 bridgehead atoms. The van der Waals surface area contributed by atoms with E-state index in [0.717, 1.165) is 4.90 Å². The van der Waals surface area contributed by atoms with Crippen LogP contribution in [-0.4, -0.2) is 21.7 Å². The average Bonchev–Trinajstić information content (AvgIpc) is 2.93. The van der Waals surface area contributed by atoms with Crippen molar-refractivity contribution in [3.63, 3.8) is 0 Å². The summed E-state index contributed by atoms with van der Waals surface area (Å²) in [6.45, 7) is 0. The van der Waals surface area contributed by atoms with Gasteiger partial charge in [0.1, 0.15) is 11.5 Å². The Hall–Kier alpha value is -4.07. The van der Waals surface area contributed by atoms with E-state index in [4.69, 9.17) is 4.74 Å². The number of ether oxygens (including phenoxy) is 1. The number of nitrogens with zero attached hydrogens (tertiary/aromatic N) is 3. The lowest BCUT2D eigenvalue weighted by Crippen LogP contribution is -2.29. The van der Waals surface area contributed by atoms with Crippen molar-refractivity contribution in [1.82, 2.24) is 4.98 Å². The van der Waals surface area contributed by atoms with E-state index >= 15 is 0 Å². The van der Waals surface area contributed by atoms with Crippen molar-refractivity contribution in [3.8, 4) is 11.5 Å². The van der Waals surface area contributed by atoms with Crippen molar-refractivity contribution in [2.75, 3.05) is 4.90 Å². The fourth-order valence-corrected chi connectivity index (χ4v) is 2.81. The van der Waals surface area contributed by atoms with Gasteiger partial charge in [-0.05, 0) is 36.4 Å². The Labute approximate surface area is 152 Å². The van der Waals surface area contributed by atoms with Gasteiger partial charge in [-0.1, -0.05) is 6.07 Å². The van der Waals surface area contributed by atoms with Crippen LogP contribution in [0.2, 0.25) is 0 Å². The molecule has 2 heterocycles. The van der Waals surface area contributed by atoms with Gasteiger partial charge in [0.25, 0.3) is 17.5 Å². The van der Waals surface area contributed by atoms with Gasteiger partial charge in [-0.15, -0.1) is 0 Å². The van der Waals surface area contributed by atoms with Gasteiger partial charge in [0, 0.05) is 18.5 Å². The van der Waals surface area contributed by atoms with Crippen LogP contribution in [0.1, 0.15) is 20.7 Å². The Kier molecular flexibility index (Phi) is 3.85. The first-order valence-corrected chi connectivity index (χ1v) is 7.90. The van der Waals surface area contributed by atoms with Crippen LogP contribution in [0.5, 0.6) is 11.5 Å². The number of carbonyl (C=O) groups is 2. The number of nitro groups is 1. The highest BCUT2D eigenvalue weighted by atomic mass is 16.6. The number of anilines is 1. The summed E-state index contributed by atoms with van der Waals surface area (Å²) in [5.41, 5.74) is 0.795. The number of hydrogen-bond acceptors (Lipinski definition) is 6. The van der Waals surface area contributed by atoms with Gasteiger partial charge in [0.15, 0.2) is 0 Å². The molecule has 0 saturated heterocycles. The number of imide groups is 1. The molecule has 8 heteroatoms. The Morgan fingerprint density at radius 2 is 1.59 bits per heavy atom. The van der Waals surface area contributed by atoms with Crippen LogP contribution in [-0.2, 0) is 0 Å². The third kappa shape index (κ3) is 2.89. The summed E-state index contributed by atoms with van der Waals surface area (Å²) in [5.74, 6) is -0.340. The smallest absolute Gasteiger partial charge is 0.273 e. The number of pyridine rings is 1. The molecule has 27 heavy (non-hydrogen) atoms. The van der Waals surface area contributed by atoms with Crippen LogP contribution < -0.4 is 9.64 Å². The van der Waals surface area contributed by atoms with E-state index in [1.54, 1.807) is 24.3 Å². The molecule has 8 nitrogen and oxygen atoms in total. The van der Waals surface area contributed by atoms with E-state index in [-0.39, 0.29) is 22.6 Å². The molecule has 1 aromatic heterocycles. The van der Waals surface area contributed by atoms with Crippen LogP contribution in [0.4, 0.5) is 11.4 Å². The number of fused-ring (bicyclic) bond motifs is 1. The van der Waals surface area contributed by atoms with Crippen molar-refractivity contribution in [2.45, 2.75) is 0 Å². The molecule has 0 N–H and O–H groups in total. The summed E-state index contributed by atoms with van der Waals surface area (Å²) in [6.07, 6.45) is 2.99. The van der Waals surface area contributed by atoms with Gasteiger partial charge in [0.2, 0.25) is 0 Å². The zero-order chi connectivity index (χ0) is 19.0. The highest BCUT2D eigenvalue weighted by molar-refractivity contribution is 6.34. The molecule has 0 unspecified atom stereocenters. The third-order valence-corrected chi connectivity index (χ3v) is 4.04. The van der Waals surface area contributed by atoms with Crippen molar-refractivity contribution < 1.29 is 19.2 Å². The highest BCUT2D eigenvalue weighted by Gasteiger charge is 2.37. The number of aromatic nitrogens is 1. The minimum atomic E-state index is -0.523. The van der Waals surface area contributed by atoms with Crippen LogP contribution >= 0.6 is 0 Å². The number of amides is 2. The van der Waals surface area contributed by atoms with Gasteiger partial charge in [-0.3, -0.25) is 24.7 Å². The number of benzene rings is 2. The molecule has 0 saturated carbocycles. The van der Waals surface area contributed by atoms with E-state index in [9.17, 15) is 19.7 Å². The van der Waals surface area contributed by atoms with Crippen molar-refractivity contribution in [3.05, 3.63) is 88.2 Å². The highest BCUT2D eigenvalue weighted by Crippen LogP contribution is 2.32. The SMILES string of the molecule is O=C1c2ccc(Oc3cccc([N+](=O)[O-])c3)cc2C(=O)N1c1ccncc1. The quantitative estimate of drug-likeness (QED) is 0.400. The van der Waals surface area contributed by atoms with E-state index in [1.807, 2.05) is 0 Å². The van der Waals surface area contributed by atoms with Crippen LogP contribution in [0, 0.1) is 10.1 Å². The first-order chi connectivity index (χ1) is 13.0. The Morgan fingerprint density at radius 1 is 0.889 bits per heavy atom. The summed E-state index contributed by atoms with van der Waals surface area (Å²) in [6, 6.07) is 13.3. The molecule has 4 rings (SSSR count). The molecule has 0 aliphatic carbocycles. The Bertz CT molecular complexity index is 1080. The Balaban J connectivity index is 1.65. The fraction of sp³-hybridized carbons (Fsp3) is 0. The van der Waals surface area contributed by atoms with Gasteiger partial charge in [-0.25, -0.2) is 4.90 Å². The van der Waals surface area contributed by atoms with E-state index < -0.39 is 16.7 Å². The molecule has 0 spiro atoms. The Morgan fingerprint density at radius 3 is 2.33 bits per heavy atom. The molecular weight excluding hydrogens is 350 g/mol. The molecule has 132 valence electrons. The second kappa shape index (κ2) is 6.34. The number of hydrogen-bond donors (Lipinski definition) is 0. The zero-order valence-electron chi connectivity index (χ0n) is 13.7. The van der Waals surface area contributed by atoms with Crippen LogP contribution in [0.15, 0.2) is 67.0 Å². The molecule has 2 aromatic carbocycles. The summed E-state index contributed by atoms with van der Waals surface area (Å²) in [4.78, 5) is 40.6. The second-order valence-electron chi connectivity index (χ2n) is 5.72. The van der Waals surface area contributed by atoms with E-state index in [1.165, 1.54) is 42.7 Å². The minimum absolute atomic E-state index is 0.108. The van der Waals surface area contributed by atoms with E-state index in [0.29, 0.717) is 11.4 Å². The molecule has 1 aliphatic heterocycles. The van der Waals surface area contributed by atoms with Gasteiger partial charge in [0.05, 0.1) is 27.8 Å². The molecule has 0 radical (unpaired) electrons. The topological polar surface area (TPSA) is 103 Å². The van der Waals surface area contributed by atoms with Gasteiger partial charge >= 0.3 is 0 Å². The maximum atomic E-state index is 12.7. The molecule has 0 atom stereocenters. The lowest BCUT2D eigenvalue weighted by atomic mass is 10.1. The lowest BCUT2D eigenvalue weighted by molar-refractivity contribution is -0.384. The zero-order valence-corrected chi connectivity index (χ0v) is 13.7. The number of nitro benzene ring substituents is 1. The van der Waals surface area contributed by atoms with Crippen molar-refractivity contribution in [2.24, 2.45) is 0 Å². The van der Waals surface area contributed by atoms with E-state index in [2.05, 4.69) is 4.98 Å². The van der Waals surface area contributed by atoms with Gasteiger partial charge < -0.3 is 4.74 Å². The standard InChI is InChI=1S/C19H11N3O5/c23-18-16-5-4-15(27-14-3-1-2-13(10-14)22(25)26)11-17(16)19(24)21(18)12-6-8-20-9-7-12/h1-11H. The van der Waals surface area contributed by atoms with Crippen molar-refractivity contribution >= 4 is 23.2 Å². The number of carbonyl (C=O) groups excluding carboxylic acids is 2. The maximum absolute atomic E-state index is 12.7. The van der Waals surface area contributed by atoms with Crippen molar-refractivity contribution in [1.29, 1.82) is 0 Å². The minimum Gasteiger partial charge on any atom is -0.457 e.